The summed E-state index contributed by atoms with van der Waals surface area (Å²) < 4.78 is 24.2. The Hall–Kier alpha value is -1.20. The highest BCUT2D eigenvalue weighted by Crippen LogP contribution is 2.12. The molecule has 0 saturated carbocycles. The van der Waals surface area contributed by atoms with Crippen LogP contribution in [0.4, 0.5) is 8.78 Å². The Morgan fingerprint density at radius 3 is 2.12 bits per heavy atom. The molecule has 0 rings (SSSR count). The van der Waals surface area contributed by atoms with Gasteiger partial charge in [-0.3, -0.25) is 4.79 Å². The van der Waals surface area contributed by atoms with Crippen LogP contribution in [0, 0.1) is 5.92 Å². The second-order valence-corrected chi connectivity index (χ2v) is 3.97. The molecule has 100 valence electrons. The van der Waals surface area contributed by atoms with Gasteiger partial charge in [0, 0.05) is 12.8 Å². The molecule has 4 nitrogen and oxygen atoms in total. The number of carboxylic acid groups (broad SMARTS) is 1. The molecule has 0 saturated heterocycles. The number of amides is 1. The number of hydrogen-bond donors (Lipinski definition) is 2. The smallest absolute Gasteiger partial charge is 0.326 e. The van der Waals surface area contributed by atoms with Crippen molar-refractivity contribution in [2.45, 2.75) is 52.0 Å². The van der Waals surface area contributed by atoms with Gasteiger partial charge in [-0.15, -0.1) is 0 Å². The van der Waals surface area contributed by atoms with Crippen LogP contribution in [0.3, 0.4) is 0 Å². The summed E-state index contributed by atoms with van der Waals surface area (Å²) in [7, 11) is 0. The second kappa shape index (κ2) is 7.97. The average molecular weight is 251 g/mol. The molecule has 17 heavy (non-hydrogen) atoms. The summed E-state index contributed by atoms with van der Waals surface area (Å²) in [6.07, 6.45) is -1.82. The first-order chi connectivity index (χ1) is 7.90. The van der Waals surface area contributed by atoms with Gasteiger partial charge >= 0.3 is 5.97 Å². The van der Waals surface area contributed by atoms with Gasteiger partial charge in [-0.1, -0.05) is 26.7 Å². The van der Waals surface area contributed by atoms with E-state index in [0.717, 1.165) is 12.8 Å². The first-order valence-electron chi connectivity index (χ1n) is 5.70. The predicted octanol–water partition coefficient (Wildman–Crippen LogP) is 2.04. The van der Waals surface area contributed by atoms with Gasteiger partial charge in [-0.05, 0) is 5.92 Å². The molecule has 6 heteroatoms. The van der Waals surface area contributed by atoms with Crippen molar-refractivity contribution in [1.29, 1.82) is 0 Å². The van der Waals surface area contributed by atoms with Crippen molar-refractivity contribution in [2.75, 3.05) is 0 Å². The van der Waals surface area contributed by atoms with E-state index in [1.807, 2.05) is 13.8 Å². The van der Waals surface area contributed by atoms with Gasteiger partial charge in [0.1, 0.15) is 6.04 Å². The maximum absolute atomic E-state index is 12.1. The molecule has 0 heterocycles. The zero-order valence-electron chi connectivity index (χ0n) is 10.1. The Morgan fingerprint density at radius 2 is 1.76 bits per heavy atom. The highest BCUT2D eigenvalue weighted by molar-refractivity contribution is 5.83. The van der Waals surface area contributed by atoms with E-state index in [1.165, 1.54) is 0 Å². The van der Waals surface area contributed by atoms with Crippen LogP contribution in [0.2, 0.25) is 0 Å². The van der Waals surface area contributed by atoms with Crippen LogP contribution < -0.4 is 5.32 Å². The Kier molecular flexibility index (Phi) is 7.41. The van der Waals surface area contributed by atoms with E-state index in [4.69, 9.17) is 5.11 Å². The Balaban J connectivity index is 4.25. The fraction of sp³-hybridized carbons (Fsp3) is 0.818. The van der Waals surface area contributed by atoms with E-state index in [0.29, 0.717) is 0 Å². The first kappa shape index (κ1) is 15.8. The number of carbonyl (C=O) groups is 2. The summed E-state index contributed by atoms with van der Waals surface area (Å²) in [6, 6.07) is -1.50. The molecule has 0 aromatic carbocycles. The van der Waals surface area contributed by atoms with Crippen molar-refractivity contribution in [2.24, 2.45) is 5.92 Å². The average Bonchev–Trinajstić information content (AvgIpc) is 2.24. The number of nitrogens with one attached hydrogen (secondary N) is 1. The van der Waals surface area contributed by atoms with Crippen LogP contribution in [0.15, 0.2) is 0 Å². The fourth-order valence-electron chi connectivity index (χ4n) is 1.49. The number of rotatable bonds is 8. The number of alkyl halides is 2. The van der Waals surface area contributed by atoms with Crippen molar-refractivity contribution in [3.8, 4) is 0 Å². The van der Waals surface area contributed by atoms with E-state index in [9.17, 15) is 18.4 Å². The molecule has 1 atom stereocenters. The minimum absolute atomic E-state index is 0.163. The number of carboxylic acids is 1. The van der Waals surface area contributed by atoms with Crippen LogP contribution in [0.1, 0.15) is 39.5 Å². The van der Waals surface area contributed by atoms with Crippen LogP contribution in [0.25, 0.3) is 0 Å². The molecule has 0 aliphatic carbocycles. The largest absolute Gasteiger partial charge is 0.480 e. The minimum atomic E-state index is -2.75. The van der Waals surface area contributed by atoms with Crippen molar-refractivity contribution < 1.29 is 23.5 Å². The monoisotopic (exact) mass is 251 g/mol. The Morgan fingerprint density at radius 1 is 1.24 bits per heavy atom. The van der Waals surface area contributed by atoms with Gasteiger partial charge in [-0.25, -0.2) is 13.6 Å². The SMILES string of the molecule is CCC(CC)CC(=O)NC(CC(F)F)C(=O)O. The second-order valence-electron chi connectivity index (χ2n) is 3.97. The van der Waals surface area contributed by atoms with E-state index in [2.05, 4.69) is 5.32 Å². The standard InChI is InChI=1S/C11H19F2NO3/c1-3-7(4-2)5-10(15)14-8(11(16)17)6-9(12)13/h7-9H,3-6H2,1-2H3,(H,14,15)(H,16,17). The Labute approximate surface area is 99.4 Å². The summed E-state index contributed by atoms with van der Waals surface area (Å²) in [4.78, 5) is 22.1. The van der Waals surface area contributed by atoms with Crippen molar-refractivity contribution in [1.82, 2.24) is 5.32 Å². The van der Waals surface area contributed by atoms with Crippen LogP contribution >= 0.6 is 0 Å². The predicted molar refractivity (Wildman–Crippen MR) is 58.9 cm³/mol. The van der Waals surface area contributed by atoms with Gasteiger partial charge in [0.25, 0.3) is 0 Å². The molecule has 0 radical (unpaired) electrons. The Bertz CT molecular complexity index is 255. The highest BCUT2D eigenvalue weighted by atomic mass is 19.3. The molecule has 0 bridgehead atoms. The summed E-state index contributed by atoms with van der Waals surface area (Å²) in [5.41, 5.74) is 0. The summed E-state index contributed by atoms with van der Waals surface area (Å²) >= 11 is 0. The molecule has 0 aromatic rings. The van der Waals surface area contributed by atoms with Crippen LogP contribution in [-0.2, 0) is 9.59 Å². The maximum atomic E-state index is 12.1. The third kappa shape index (κ3) is 6.86. The number of aliphatic carboxylic acids is 1. The molecule has 0 spiro atoms. The van der Waals surface area contributed by atoms with Gasteiger partial charge < -0.3 is 10.4 Å². The summed E-state index contributed by atoms with van der Waals surface area (Å²) in [6.45, 7) is 3.85. The molecule has 1 unspecified atom stereocenters. The quantitative estimate of drug-likeness (QED) is 0.693. The molecular weight excluding hydrogens is 232 g/mol. The number of hydrogen-bond acceptors (Lipinski definition) is 2. The molecular formula is C11H19F2NO3. The summed E-state index contributed by atoms with van der Waals surface area (Å²) in [5, 5.41) is 10.8. The zero-order chi connectivity index (χ0) is 13.4. The lowest BCUT2D eigenvalue weighted by molar-refractivity contribution is -0.143. The topological polar surface area (TPSA) is 66.4 Å². The molecule has 0 aromatic heterocycles. The lowest BCUT2D eigenvalue weighted by atomic mass is 9.99. The van der Waals surface area contributed by atoms with Crippen LogP contribution in [-0.4, -0.2) is 29.5 Å². The molecule has 0 aliphatic rings. The number of carbonyl (C=O) groups excluding carboxylic acids is 1. The first-order valence-corrected chi connectivity index (χ1v) is 5.70. The van der Waals surface area contributed by atoms with E-state index in [1.54, 1.807) is 0 Å². The van der Waals surface area contributed by atoms with Crippen molar-refractivity contribution in [3.05, 3.63) is 0 Å². The van der Waals surface area contributed by atoms with Gasteiger partial charge in [-0.2, -0.15) is 0 Å². The van der Waals surface area contributed by atoms with E-state index < -0.39 is 30.8 Å². The molecule has 0 fully saturated rings. The molecule has 2 N–H and O–H groups in total. The highest BCUT2D eigenvalue weighted by Gasteiger charge is 2.24. The van der Waals surface area contributed by atoms with Gasteiger partial charge in [0.05, 0.1) is 0 Å². The third-order valence-electron chi connectivity index (χ3n) is 2.68. The lowest BCUT2D eigenvalue weighted by Gasteiger charge is -2.16. The fourth-order valence-corrected chi connectivity index (χ4v) is 1.49. The number of halogens is 2. The molecule has 1 amide bonds. The summed E-state index contributed by atoms with van der Waals surface area (Å²) in [5.74, 6) is -1.74. The van der Waals surface area contributed by atoms with Gasteiger partial charge in [0.15, 0.2) is 0 Å². The molecule has 0 aliphatic heterocycles. The van der Waals surface area contributed by atoms with Crippen molar-refractivity contribution in [3.63, 3.8) is 0 Å². The van der Waals surface area contributed by atoms with Crippen LogP contribution in [0.5, 0.6) is 0 Å². The van der Waals surface area contributed by atoms with Crippen molar-refractivity contribution >= 4 is 11.9 Å². The van der Waals surface area contributed by atoms with E-state index >= 15 is 0 Å². The maximum Gasteiger partial charge on any atom is 0.326 e. The normalized spacial score (nSPS) is 12.8. The minimum Gasteiger partial charge on any atom is -0.480 e. The van der Waals surface area contributed by atoms with Gasteiger partial charge in [0.2, 0.25) is 12.3 Å². The third-order valence-corrected chi connectivity index (χ3v) is 2.68. The zero-order valence-corrected chi connectivity index (χ0v) is 10.1. The van der Waals surface area contributed by atoms with E-state index in [-0.39, 0.29) is 12.3 Å². The lowest BCUT2D eigenvalue weighted by Crippen LogP contribution is -2.42.